The van der Waals surface area contributed by atoms with Crippen molar-refractivity contribution in [3.8, 4) is 0 Å². The molecule has 0 aliphatic heterocycles. The Balaban J connectivity index is 1.84. The second-order valence-corrected chi connectivity index (χ2v) is 6.03. The Kier molecular flexibility index (Phi) is 6.49. The Morgan fingerprint density at radius 3 is 2.75 bits per heavy atom. The zero-order valence-corrected chi connectivity index (χ0v) is 13.9. The molecule has 112 valence electrons. The van der Waals surface area contributed by atoms with Gasteiger partial charge in [0.2, 0.25) is 0 Å². The first kappa shape index (κ1) is 16.0. The Labute approximate surface area is 130 Å². The molecule has 0 radical (unpaired) electrons. The van der Waals surface area contributed by atoms with Gasteiger partial charge in [-0.3, -0.25) is 0 Å². The molecule has 3 atom stereocenters. The number of rotatable bonds is 8. The van der Waals surface area contributed by atoms with Crippen molar-refractivity contribution in [2.45, 2.75) is 51.5 Å². The molecule has 0 amide bonds. The molecule has 1 aromatic carbocycles. The van der Waals surface area contributed by atoms with Gasteiger partial charge in [-0.1, -0.05) is 48.0 Å². The van der Waals surface area contributed by atoms with Crippen LogP contribution in [0, 0.1) is 0 Å². The van der Waals surface area contributed by atoms with Gasteiger partial charge < -0.3 is 14.8 Å². The van der Waals surface area contributed by atoms with Crippen molar-refractivity contribution in [3.63, 3.8) is 0 Å². The van der Waals surface area contributed by atoms with Crippen molar-refractivity contribution >= 4 is 15.9 Å². The fourth-order valence-electron chi connectivity index (χ4n) is 2.50. The van der Waals surface area contributed by atoms with E-state index in [-0.39, 0.29) is 12.2 Å². The first-order valence-electron chi connectivity index (χ1n) is 7.46. The topological polar surface area (TPSA) is 30.5 Å². The van der Waals surface area contributed by atoms with Crippen molar-refractivity contribution in [3.05, 3.63) is 34.3 Å². The van der Waals surface area contributed by atoms with Crippen LogP contribution in [-0.2, 0) is 16.1 Å². The third kappa shape index (κ3) is 4.04. The predicted octanol–water partition coefficient (Wildman–Crippen LogP) is 3.51. The normalized spacial score (nSPS) is 25.4. The lowest BCUT2D eigenvalue weighted by Gasteiger charge is -2.44. The fourth-order valence-corrected chi connectivity index (χ4v) is 2.90. The third-order valence-electron chi connectivity index (χ3n) is 3.64. The lowest BCUT2D eigenvalue weighted by molar-refractivity contribution is -0.152. The second-order valence-electron chi connectivity index (χ2n) is 5.18. The molecule has 1 N–H and O–H groups in total. The molecule has 1 aromatic rings. The highest BCUT2D eigenvalue weighted by Gasteiger charge is 2.42. The Bertz CT molecular complexity index is 413. The van der Waals surface area contributed by atoms with Crippen LogP contribution in [0.2, 0.25) is 0 Å². The van der Waals surface area contributed by atoms with E-state index in [4.69, 9.17) is 9.47 Å². The summed E-state index contributed by atoms with van der Waals surface area (Å²) in [5.41, 5.74) is 1.19. The maximum absolute atomic E-state index is 6.04. The van der Waals surface area contributed by atoms with Crippen LogP contribution in [0.5, 0.6) is 0 Å². The molecule has 0 aromatic heterocycles. The molecular formula is C16H24BrNO2. The van der Waals surface area contributed by atoms with E-state index in [2.05, 4.69) is 41.2 Å². The zero-order valence-electron chi connectivity index (χ0n) is 12.3. The minimum absolute atomic E-state index is 0.192. The van der Waals surface area contributed by atoms with E-state index in [0.717, 1.165) is 30.5 Å². The molecule has 20 heavy (non-hydrogen) atoms. The lowest BCUT2D eigenvalue weighted by Crippen LogP contribution is -2.60. The highest BCUT2D eigenvalue weighted by molar-refractivity contribution is 9.10. The molecule has 0 saturated heterocycles. The predicted molar refractivity (Wildman–Crippen MR) is 84.8 cm³/mol. The van der Waals surface area contributed by atoms with Gasteiger partial charge in [0.25, 0.3) is 0 Å². The van der Waals surface area contributed by atoms with Crippen LogP contribution in [0.4, 0.5) is 0 Å². The fraction of sp³-hybridized carbons (Fsp3) is 0.625. The Morgan fingerprint density at radius 1 is 1.25 bits per heavy atom. The molecule has 1 aliphatic rings. The quantitative estimate of drug-likeness (QED) is 0.784. The van der Waals surface area contributed by atoms with Crippen LogP contribution in [0.1, 0.15) is 32.3 Å². The SMILES string of the molecule is CCCOC1C(NCC)CC1OCc1ccccc1Br. The Morgan fingerprint density at radius 2 is 2.05 bits per heavy atom. The van der Waals surface area contributed by atoms with Gasteiger partial charge in [-0.05, 0) is 31.0 Å². The number of likely N-dealkylation sites (N-methyl/N-ethyl adjacent to an activating group) is 1. The van der Waals surface area contributed by atoms with Crippen LogP contribution in [0.3, 0.4) is 0 Å². The summed E-state index contributed by atoms with van der Waals surface area (Å²) in [6.45, 7) is 6.69. The first-order valence-corrected chi connectivity index (χ1v) is 8.25. The van der Waals surface area contributed by atoms with Gasteiger partial charge in [-0.25, -0.2) is 0 Å². The van der Waals surface area contributed by atoms with Crippen LogP contribution < -0.4 is 5.32 Å². The van der Waals surface area contributed by atoms with Crippen molar-refractivity contribution in [2.75, 3.05) is 13.2 Å². The van der Waals surface area contributed by atoms with E-state index < -0.39 is 0 Å². The lowest BCUT2D eigenvalue weighted by atomic mass is 9.85. The number of hydrogen-bond donors (Lipinski definition) is 1. The van der Waals surface area contributed by atoms with E-state index in [9.17, 15) is 0 Å². The van der Waals surface area contributed by atoms with E-state index in [1.807, 2.05) is 18.2 Å². The summed E-state index contributed by atoms with van der Waals surface area (Å²) in [5, 5.41) is 3.47. The maximum atomic E-state index is 6.04. The van der Waals surface area contributed by atoms with E-state index in [1.54, 1.807) is 0 Å². The number of hydrogen-bond acceptors (Lipinski definition) is 3. The summed E-state index contributed by atoms with van der Waals surface area (Å²) in [5.74, 6) is 0. The number of ether oxygens (including phenoxy) is 2. The molecule has 1 aliphatic carbocycles. The largest absolute Gasteiger partial charge is 0.374 e. The van der Waals surface area contributed by atoms with Gasteiger partial charge in [0, 0.05) is 17.1 Å². The average Bonchev–Trinajstić information content (AvgIpc) is 2.44. The van der Waals surface area contributed by atoms with Gasteiger partial charge in [-0.15, -0.1) is 0 Å². The molecule has 4 heteroatoms. The molecule has 0 spiro atoms. The summed E-state index contributed by atoms with van der Waals surface area (Å²) >= 11 is 3.56. The van der Waals surface area contributed by atoms with Crippen LogP contribution in [0.15, 0.2) is 28.7 Å². The van der Waals surface area contributed by atoms with Gasteiger partial charge in [0.15, 0.2) is 0 Å². The summed E-state index contributed by atoms with van der Waals surface area (Å²) < 4.78 is 13.1. The highest BCUT2D eigenvalue weighted by atomic mass is 79.9. The van der Waals surface area contributed by atoms with E-state index in [0.29, 0.717) is 12.6 Å². The minimum atomic E-state index is 0.192. The molecule has 1 saturated carbocycles. The van der Waals surface area contributed by atoms with E-state index >= 15 is 0 Å². The molecule has 2 rings (SSSR count). The molecule has 3 nitrogen and oxygen atoms in total. The van der Waals surface area contributed by atoms with Crippen LogP contribution in [0.25, 0.3) is 0 Å². The summed E-state index contributed by atoms with van der Waals surface area (Å²) in [7, 11) is 0. The number of nitrogens with one attached hydrogen (secondary N) is 1. The standard InChI is InChI=1S/C16H24BrNO2/c1-3-9-19-16-14(18-4-2)10-15(16)20-11-12-7-5-6-8-13(12)17/h5-8,14-16,18H,3-4,9-11H2,1-2H3. The van der Waals surface area contributed by atoms with Crippen molar-refractivity contribution in [1.29, 1.82) is 0 Å². The van der Waals surface area contributed by atoms with Gasteiger partial charge in [0.1, 0.15) is 0 Å². The minimum Gasteiger partial charge on any atom is -0.374 e. The second kappa shape index (κ2) is 8.13. The molecule has 0 heterocycles. The average molecular weight is 342 g/mol. The number of benzene rings is 1. The summed E-state index contributed by atoms with van der Waals surface area (Å²) in [6, 6.07) is 8.64. The summed E-state index contributed by atoms with van der Waals surface area (Å²) in [4.78, 5) is 0. The third-order valence-corrected chi connectivity index (χ3v) is 4.41. The molecule has 3 unspecified atom stereocenters. The molecule has 1 fully saturated rings. The summed E-state index contributed by atoms with van der Waals surface area (Å²) in [6.07, 6.45) is 2.48. The maximum Gasteiger partial charge on any atom is 0.0990 e. The number of halogens is 1. The van der Waals surface area contributed by atoms with Crippen LogP contribution >= 0.6 is 15.9 Å². The molecular weight excluding hydrogens is 318 g/mol. The van der Waals surface area contributed by atoms with Crippen molar-refractivity contribution in [2.24, 2.45) is 0 Å². The van der Waals surface area contributed by atoms with E-state index in [1.165, 1.54) is 5.56 Å². The van der Waals surface area contributed by atoms with Crippen molar-refractivity contribution in [1.82, 2.24) is 5.32 Å². The zero-order chi connectivity index (χ0) is 14.4. The smallest absolute Gasteiger partial charge is 0.0990 e. The highest BCUT2D eigenvalue weighted by Crippen LogP contribution is 2.29. The Hall–Kier alpha value is -0.420. The first-order chi connectivity index (χ1) is 9.76. The van der Waals surface area contributed by atoms with Crippen molar-refractivity contribution < 1.29 is 9.47 Å². The van der Waals surface area contributed by atoms with Gasteiger partial charge in [-0.2, -0.15) is 0 Å². The van der Waals surface area contributed by atoms with Gasteiger partial charge in [0.05, 0.1) is 18.8 Å². The monoisotopic (exact) mass is 341 g/mol. The van der Waals surface area contributed by atoms with Crippen LogP contribution in [-0.4, -0.2) is 31.4 Å². The molecule has 0 bridgehead atoms. The van der Waals surface area contributed by atoms with Gasteiger partial charge >= 0.3 is 0 Å².